The molecule has 1 atom stereocenters. The highest BCUT2D eigenvalue weighted by Crippen LogP contribution is 2.15. The Labute approximate surface area is 176 Å². The van der Waals surface area contributed by atoms with Gasteiger partial charge in [-0.15, -0.1) is 24.0 Å². The summed E-state index contributed by atoms with van der Waals surface area (Å²) in [6.45, 7) is 7.84. The van der Waals surface area contributed by atoms with Crippen molar-refractivity contribution in [2.24, 2.45) is 10.9 Å². The van der Waals surface area contributed by atoms with E-state index in [1.165, 1.54) is 38.0 Å². The van der Waals surface area contributed by atoms with Gasteiger partial charge in [-0.05, 0) is 56.0 Å². The van der Waals surface area contributed by atoms with Crippen molar-refractivity contribution in [3.05, 3.63) is 29.8 Å². The molecule has 1 N–H and O–H groups in total. The van der Waals surface area contributed by atoms with Gasteiger partial charge in [0, 0.05) is 33.7 Å². The van der Waals surface area contributed by atoms with E-state index in [0.717, 1.165) is 37.1 Å². The number of hydrogen-bond acceptors (Lipinski definition) is 3. The van der Waals surface area contributed by atoms with E-state index < -0.39 is 0 Å². The van der Waals surface area contributed by atoms with Crippen molar-refractivity contribution in [1.29, 1.82) is 0 Å². The molecule has 1 aromatic rings. The Morgan fingerprint density at radius 2 is 2.08 bits per heavy atom. The van der Waals surface area contributed by atoms with Gasteiger partial charge in [-0.3, -0.25) is 4.99 Å². The van der Waals surface area contributed by atoms with Crippen molar-refractivity contribution in [2.45, 2.75) is 32.7 Å². The summed E-state index contributed by atoms with van der Waals surface area (Å²) in [5.74, 6) is 2.69. The van der Waals surface area contributed by atoms with Gasteiger partial charge in [-0.25, -0.2) is 0 Å². The second kappa shape index (κ2) is 12.4. The number of nitrogens with zero attached hydrogens (tertiary/aromatic N) is 3. The molecule has 5 nitrogen and oxygen atoms in total. The van der Waals surface area contributed by atoms with Crippen LogP contribution in [0.3, 0.4) is 0 Å². The average Bonchev–Trinajstić information content (AvgIpc) is 2.62. The normalized spacial score (nSPS) is 18.2. The molecule has 1 aromatic carbocycles. The fourth-order valence-corrected chi connectivity index (χ4v) is 3.46. The zero-order chi connectivity index (χ0) is 18.1. The number of aliphatic imine (C=N–C) groups is 1. The fourth-order valence-electron chi connectivity index (χ4n) is 3.46. The lowest BCUT2D eigenvalue weighted by atomic mass is 10.0. The predicted octanol–water partition coefficient (Wildman–Crippen LogP) is 3.44. The second-order valence-corrected chi connectivity index (χ2v) is 7.08. The van der Waals surface area contributed by atoms with Gasteiger partial charge in [-0.2, -0.15) is 0 Å². The summed E-state index contributed by atoms with van der Waals surface area (Å²) in [7, 11) is 5.61. The highest BCUT2D eigenvalue weighted by molar-refractivity contribution is 14.0. The summed E-state index contributed by atoms with van der Waals surface area (Å²) in [5.41, 5.74) is 1.24. The topological polar surface area (TPSA) is 40.1 Å². The van der Waals surface area contributed by atoms with Gasteiger partial charge >= 0.3 is 0 Å². The van der Waals surface area contributed by atoms with Gasteiger partial charge in [0.2, 0.25) is 0 Å². The molecular formula is C20H35IN4O. The molecule has 0 spiro atoms. The number of likely N-dealkylation sites (tertiary alicyclic amines) is 1. The van der Waals surface area contributed by atoms with E-state index in [1.807, 2.05) is 19.2 Å². The number of halogens is 1. The molecule has 1 aliphatic heterocycles. The lowest BCUT2D eigenvalue weighted by Crippen LogP contribution is -2.40. The minimum atomic E-state index is 0. The molecule has 1 unspecified atom stereocenters. The van der Waals surface area contributed by atoms with Crippen molar-refractivity contribution >= 4 is 29.9 Å². The molecule has 6 heteroatoms. The SMILES string of the molecule is CN=C(NCCCN1CCCC(C)C1)N(C)Cc1ccc(OC)cc1.I. The number of piperidine rings is 1. The zero-order valence-corrected chi connectivity index (χ0v) is 19.0. The van der Waals surface area contributed by atoms with Crippen LogP contribution >= 0.6 is 24.0 Å². The molecule has 1 saturated heterocycles. The van der Waals surface area contributed by atoms with Gasteiger partial charge in [0.15, 0.2) is 5.96 Å². The van der Waals surface area contributed by atoms with Crippen LogP contribution in [0.4, 0.5) is 0 Å². The minimum Gasteiger partial charge on any atom is -0.497 e. The van der Waals surface area contributed by atoms with Crippen LogP contribution < -0.4 is 10.1 Å². The first kappa shape index (κ1) is 23.0. The van der Waals surface area contributed by atoms with E-state index in [1.54, 1.807) is 7.11 Å². The Kier molecular flexibility index (Phi) is 11.0. The molecule has 0 aromatic heterocycles. The fraction of sp³-hybridized carbons (Fsp3) is 0.650. The first-order chi connectivity index (χ1) is 12.1. The smallest absolute Gasteiger partial charge is 0.193 e. The van der Waals surface area contributed by atoms with Gasteiger partial charge in [0.25, 0.3) is 0 Å². The van der Waals surface area contributed by atoms with Crippen LogP contribution in [0.1, 0.15) is 31.7 Å². The second-order valence-electron chi connectivity index (χ2n) is 7.08. The molecule has 148 valence electrons. The van der Waals surface area contributed by atoms with E-state index >= 15 is 0 Å². The standard InChI is InChI=1S/C20H34N4O.HI/c1-17-7-5-13-24(15-17)14-6-12-22-20(21-2)23(3)16-18-8-10-19(25-4)11-9-18;/h8-11,17H,5-7,12-16H2,1-4H3,(H,21,22);1H. The minimum absolute atomic E-state index is 0. The Hall–Kier alpha value is -1.02. The van der Waals surface area contributed by atoms with Crippen LogP contribution in [-0.4, -0.2) is 63.1 Å². The summed E-state index contributed by atoms with van der Waals surface area (Å²) in [6.07, 6.45) is 3.89. The summed E-state index contributed by atoms with van der Waals surface area (Å²) in [6, 6.07) is 8.19. The number of guanidine groups is 1. The summed E-state index contributed by atoms with van der Waals surface area (Å²) < 4.78 is 5.21. The quantitative estimate of drug-likeness (QED) is 0.285. The molecule has 26 heavy (non-hydrogen) atoms. The Balaban J connectivity index is 0.00000338. The van der Waals surface area contributed by atoms with E-state index in [4.69, 9.17) is 4.74 Å². The van der Waals surface area contributed by atoms with Crippen LogP contribution in [0.25, 0.3) is 0 Å². The van der Waals surface area contributed by atoms with Crippen LogP contribution in [0.5, 0.6) is 5.75 Å². The summed E-state index contributed by atoms with van der Waals surface area (Å²) >= 11 is 0. The van der Waals surface area contributed by atoms with Crippen molar-refractivity contribution in [3.63, 3.8) is 0 Å². The predicted molar refractivity (Wildman–Crippen MR) is 121 cm³/mol. The van der Waals surface area contributed by atoms with E-state index in [2.05, 4.69) is 46.2 Å². The lowest BCUT2D eigenvalue weighted by Gasteiger charge is -2.31. The summed E-state index contributed by atoms with van der Waals surface area (Å²) in [4.78, 5) is 9.16. The number of nitrogens with one attached hydrogen (secondary N) is 1. The molecule has 0 aliphatic carbocycles. The van der Waals surface area contributed by atoms with E-state index in [0.29, 0.717) is 0 Å². The molecule has 0 amide bonds. The van der Waals surface area contributed by atoms with Crippen molar-refractivity contribution in [2.75, 3.05) is 47.4 Å². The summed E-state index contributed by atoms with van der Waals surface area (Å²) in [5, 5.41) is 3.49. The molecule has 0 saturated carbocycles. The molecule has 2 rings (SSSR count). The maximum atomic E-state index is 5.21. The monoisotopic (exact) mass is 474 g/mol. The first-order valence-corrected chi connectivity index (χ1v) is 9.39. The zero-order valence-electron chi connectivity index (χ0n) is 16.7. The Morgan fingerprint density at radius 1 is 1.35 bits per heavy atom. The van der Waals surface area contributed by atoms with E-state index in [9.17, 15) is 0 Å². The average molecular weight is 474 g/mol. The highest BCUT2D eigenvalue weighted by atomic mass is 127. The van der Waals surface area contributed by atoms with E-state index in [-0.39, 0.29) is 24.0 Å². The Morgan fingerprint density at radius 3 is 2.69 bits per heavy atom. The maximum Gasteiger partial charge on any atom is 0.193 e. The van der Waals surface area contributed by atoms with Gasteiger partial charge in [-0.1, -0.05) is 19.1 Å². The number of ether oxygens (including phenoxy) is 1. The molecule has 1 fully saturated rings. The van der Waals surface area contributed by atoms with Crippen molar-refractivity contribution in [3.8, 4) is 5.75 Å². The molecule has 0 radical (unpaired) electrons. The van der Waals surface area contributed by atoms with Crippen LogP contribution in [0, 0.1) is 5.92 Å². The number of rotatable bonds is 7. The van der Waals surface area contributed by atoms with Crippen molar-refractivity contribution in [1.82, 2.24) is 15.1 Å². The highest BCUT2D eigenvalue weighted by Gasteiger charge is 2.15. The third-order valence-electron chi connectivity index (χ3n) is 4.83. The van der Waals surface area contributed by atoms with Gasteiger partial charge in [0.1, 0.15) is 5.75 Å². The van der Waals surface area contributed by atoms with Crippen LogP contribution in [0.15, 0.2) is 29.3 Å². The number of methoxy groups -OCH3 is 1. The van der Waals surface area contributed by atoms with Crippen LogP contribution in [0.2, 0.25) is 0 Å². The molecule has 1 aliphatic rings. The molecule has 0 bridgehead atoms. The maximum absolute atomic E-state index is 5.21. The van der Waals surface area contributed by atoms with Gasteiger partial charge in [0.05, 0.1) is 7.11 Å². The largest absolute Gasteiger partial charge is 0.497 e. The number of benzene rings is 1. The third-order valence-corrected chi connectivity index (χ3v) is 4.83. The number of hydrogen-bond donors (Lipinski definition) is 1. The lowest BCUT2D eigenvalue weighted by molar-refractivity contribution is 0.182. The Bertz CT molecular complexity index is 535. The molecular weight excluding hydrogens is 439 g/mol. The van der Waals surface area contributed by atoms with Crippen molar-refractivity contribution < 1.29 is 4.74 Å². The van der Waals surface area contributed by atoms with Crippen LogP contribution in [-0.2, 0) is 6.54 Å². The third kappa shape index (κ3) is 7.70. The van der Waals surface area contributed by atoms with Gasteiger partial charge < -0.3 is 19.9 Å². The molecule has 1 heterocycles. The first-order valence-electron chi connectivity index (χ1n) is 9.39.